The Kier molecular flexibility index (Phi) is 3.45. The van der Waals surface area contributed by atoms with Crippen LogP contribution in [0.1, 0.15) is 5.82 Å². The zero-order valence-corrected chi connectivity index (χ0v) is 11.8. The fraction of sp³-hybridized carbons (Fsp3) is 0.0769. The lowest BCUT2D eigenvalue weighted by Gasteiger charge is -2.03. The maximum Gasteiger partial charge on any atom is 0.268 e. The molecule has 0 fully saturated rings. The van der Waals surface area contributed by atoms with Gasteiger partial charge in [-0.2, -0.15) is 0 Å². The molecule has 0 bridgehead atoms. The van der Waals surface area contributed by atoms with E-state index in [-0.39, 0.29) is 16.2 Å². The first kappa shape index (κ1) is 13.1. The van der Waals surface area contributed by atoms with Crippen molar-refractivity contribution in [1.29, 1.82) is 0 Å². The first-order valence-corrected chi connectivity index (χ1v) is 7.94. The number of aromatic nitrogens is 2. The van der Waals surface area contributed by atoms with E-state index in [4.69, 9.17) is 0 Å². The molecule has 2 heterocycles. The number of benzene rings is 1. The van der Waals surface area contributed by atoms with E-state index >= 15 is 0 Å². The molecule has 0 aliphatic rings. The van der Waals surface area contributed by atoms with Crippen LogP contribution in [-0.2, 0) is 16.6 Å². The first-order chi connectivity index (χ1) is 9.65. The number of nitrogens with one attached hydrogen (secondary N) is 1. The maximum atomic E-state index is 13.5. The molecule has 0 spiro atoms. The number of aromatic amines is 1. The monoisotopic (exact) mass is 308 g/mol. The normalized spacial score (nSPS) is 12.7. The Hall–Kier alpha value is -1.86. The third kappa shape index (κ3) is 2.41. The molecule has 0 saturated heterocycles. The van der Waals surface area contributed by atoms with Crippen molar-refractivity contribution in [2.45, 2.75) is 10.6 Å². The quantitative estimate of drug-likeness (QED) is 0.808. The average molecular weight is 308 g/mol. The number of rotatable bonds is 3. The Labute approximate surface area is 119 Å². The molecule has 0 saturated carbocycles. The summed E-state index contributed by atoms with van der Waals surface area (Å²) in [6, 6.07) is 7.60. The minimum absolute atomic E-state index is 0.0258. The van der Waals surface area contributed by atoms with Crippen molar-refractivity contribution in [3.8, 4) is 0 Å². The Morgan fingerprint density at radius 3 is 2.90 bits per heavy atom. The van der Waals surface area contributed by atoms with Gasteiger partial charge in [-0.15, -0.1) is 11.3 Å². The van der Waals surface area contributed by atoms with Crippen LogP contribution >= 0.6 is 11.3 Å². The van der Waals surface area contributed by atoms with Crippen molar-refractivity contribution >= 4 is 32.4 Å². The van der Waals surface area contributed by atoms with Gasteiger partial charge in [0.25, 0.3) is 5.56 Å². The average Bonchev–Trinajstić information content (AvgIpc) is 2.88. The highest BCUT2D eigenvalue weighted by molar-refractivity contribution is 7.84. The summed E-state index contributed by atoms with van der Waals surface area (Å²) in [6.07, 6.45) is 0. The van der Waals surface area contributed by atoms with Crippen LogP contribution in [0.15, 0.2) is 45.4 Å². The zero-order valence-electron chi connectivity index (χ0n) is 10.1. The Bertz CT molecular complexity index is 857. The van der Waals surface area contributed by atoms with Gasteiger partial charge in [-0.1, -0.05) is 12.1 Å². The van der Waals surface area contributed by atoms with Crippen LogP contribution in [0.2, 0.25) is 0 Å². The number of H-pyrrole nitrogens is 1. The number of nitrogens with zero attached hydrogens (tertiary/aromatic N) is 1. The second kappa shape index (κ2) is 5.26. The highest BCUT2D eigenvalue weighted by Gasteiger charge is 2.13. The van der Waals surface area contributed by atoms with Crippen LogP contribution in [0.4, 0.5) is 4.39 Å². The minimum atomic E-state index is -1.59. The minimum Gasteiger partial charge on any atom is -0.309 e. The van der Waals surface area contributed by atoms with Crippen molar-refractivity contribution in [3.05, 3.63) is 57.7 Å². The van der Waals surface area contributed by atoms with E-state index in [1.54, 1.807) is 17.5 Å². The number of thiophene rings is 1. The molecule has 1 atom stereocenters. The van der Waals surface area contributed by atoms with Crippen LogP contribution in [0, 0.1) is 5.82 Å². The number of hydrogen-bond donors (Lipinski definition) is 1. The van der Waals surface area contributed by atoms with E-state index in [0.717, 1.165) is 0 Å². The van der Waals surface area contributed by atoms with Crippen LogP contribution < -0.4 is 5.56 Å². The number of halogens is 1. The lowest BCUT2D eigenvalue weighted by atomic mass is 10.3. The second-order valence-corrected chi connectivity index (χ2v) is 6.40. The van der Waals surface area contributed by atoms with Gasteiger partial charge in [0.05, 0.1) is 27.0 Å². The molecular formula is C13H9FN2O2S2. The lowest BCUT2D eigenvalue weighted by Crippen LogP contribution is -2.12. The van der Waals surface area contributed by atoms with Gasteiger partial charge in [0.15, 0.2) is 0 Å². The lowest BCUT2D eigenvalue weighted by molar-refractivity contribution is 0.595. The van der Waals surface area contributed by atoms with Gasteiger partial charge in [-0.25, -0.2) is 9.37 Å². The molecular weight excluding hydrogens is 299 g/mol. The van der Waals surface area contributed by atoms with Crippen molar-refractivity contribution in [2.75, 3.05) is 0 Å². The molecule has 0 radical (unpaired) electrons. The van der Waals surface area contributed by atoms with Crippen LogP contribution in [0.5, 0.6) is 0 Å². The molecule has 0 aliphatic carbocycles. The summed E-state index contributed by atoms with van der Waals surface area (Å²) in [5.41, 5.74) is 0.310. The van der Waals surface area contributed by atoms with Gasteiger partial charge in [-0.05, 0) is 23.6 Å². The summed E-state index contributed by atoms with van der Waals surface area (Å²) < 4.78 is 26.2. The maximum absolute atomic E-state index is 13.5. The smallest absolute Gasteiger partial charge is 0.268 e. The van der Waals surface area contributed by atoms with Crippen molar-refractivity contribution < 1.29 is 8.60 Å². The third-order valence-electron chi connectivity index (χ3n) is 2.71. The van der Waals surface area contributed by atoms with Crippen molar-refractivity contribution in [2.24, 2.45) is 0 Å². The SMILES string of the molecule is O=c1[nH]c(CS(=O)c2ccccc2F)nc2ccsc12. The standard InChI is InChI=1S/C13H9FN2O2S2/c14-8-3-1-2-4-10(8)20(18)7-11-15-9-5-6-19-12(9)13(17)16-11/h1-6H,7H2,(H,15,16,17). The van der Waals surface area contributed by atoms with E-state index in [1.165, 1.54) is 29.5 Å². The third-order valence-corrected chi connectivity index (χ3v) is 4.97. The molecule has 2 aromatic heterocycles. The summed E-state index contributed by atoms with van der Waals surface area (Å²) in [5.74, 6) is -0.255. The van der Waals surface area contributed by atoms with E-state index < -0.39 is 16.6 Å². The molecule has 0 amide bonds. The summed E-state index contributed by atoms with van der Waals surface area (Å²) in [5, 5.41) is 1.77. The Morgan fingerprint density at radius 2 is 2.10 bits per heavy atom. The summed E-state index contributed by atoms with van der Waals surface area (Å²) >= 11 is 1.30. The highest BCUT2D eigenvalue weighted by Crippen LogP contribution is 2.17. The Balaban J connectivity index is 1.95. The molecule has 7 heteroatoms. The predicted octanol–water partition coefficient (Wildman–Crippen LogP) is 2.43. The van der Waals surface area contributed by atoms with E-state index in [9.17, 15) is 13.4 Å². The summed E-state index contributed by atoms with van der Waals surface area (Å²) in [6.45, 7) is 0. The zero-order chi connectivity index (χ0) is 14.1. The van der Waals surface area contributed by atoms with Crippen molar-refractivity contribution in [1.82, 2.24) is 9.97 Å². The first-order valence-electron chi connectivity index (χ1n) is 5.74. The largest absolute Gasteiger partial charge is 0.309 e. The van der Waals surface area contributed by atoms with E-state index in [0.29, 0.717) is 16.0 Å². The molecule has 1 unspecified atom stereocenters. The van der Waals surface area contributed by atoms with Crippen molar-refractivity contribution in [3.63, 3.8) is 0 Å². The van der Waals surface area contributed by atoms with Crippen LogP contribution in [-0.4, -0.2) is 14.2 Å². The summed E-state index contributed by atoms with van der Waals surface area (Å²) in [4.78, 5) is 18.7. The fourth-order valence-electron chi connectivity index (χ4n) is 1.82. The van der Waals surface area contributed by atoms with Gasteiger partial charge >= 0.3 is 0 Å². The Morgan fingerprint density at radius 1 is 1.30 bits per heavy atom. The van der Waals surface area contributed by atoms with Crippen LogP contribution in [0.25, 0.3) is 10.2 Å². The molecule has 102 valence electrons. The predicted molar refractivity (Wildman–Crippen MR) is 76.8 cm³/mol. The molecule has 1 N–H and O–H groups in total. The van der Waals surface area contributed by atoms with Gasteiger partial charge < -0.3 is 4.98 Å². The summed E-state index contributed by atoms with van der Waals surface area (Å²) in [7, 11) is -1.59. The molecule has 3 aromatic rings. The van der Waals surface area contributed by atoms with Gasteiger partial charge in [0, 0.05) is 0 Å². The fourth-order valence-corrected chi connectivity index (χ4v) is 3.60. The molecule has 3 rings (SSSR count). The molecule has 0 aliphatic heterocycles. The van der Waals surface area contributed by atoms with Crippen LogP contribution in [0.3, 0.4) is 0 Å². The topological polar surface area (TPSA) is 62.8 Å². The van der Waals surface area contributed by atoms with Gasteiger partial charge in [0.2, 0.25) is 0 Å². The number of hydrogen-bond acceptors (Lipinski definition) is 4. The van der Waals surface area contributed by atoms with Gasteiger partial charge in [0.1, 0.15) is 16.3 Å². The number of fused-ring (bicyclic) bond motifs is 1. The van der Waals surface area contributed by atoms with E-state index in [1.807, 2.05) is 0 Å². The van der Waals surface area contributed by atoms with E-state index in [2.05, 4.69) is 9.97 Å². The molecule has 1 aromatic carbocycles. The molecule has 20 heavy (non-hydrogen) atoms. The second-order valence-electron chi connectivity index (χ2n) is 4.07. The molecule has 4 nitrogen and oxygen atoms in total. The van der Waals surface area contributed by atoms with Gasteiger partial charge in [-0.3, -0.25) is 9.00 Å². The highest BCUT2D eigenvalue weighted by atomic mass is 32.2.